The fourth-order valence-corrected chi connectivity index (χ4v) is 2.88. The van der Waals surface area contributed by atoms with Crippen molar-refractivity contribution >= 4 is 64.5 Å². The molecule has 0 radical (unpaired) electrons. The van der Waals surface area contributed by atoms with Crippen LogP contribution in [0.3, 0.4) is 0 Å². The largest absolute Gasteiger partial charge is 0.504 e. The van der Waals surface area contributed by atoms with E-state index in [-0.39, 0.29) is 11.4 Å². The van der Waals surface area contributed by atoms with Crippen molar-refractivity contribution in [1.29, 1.82) is 5.41 Å². The molecule has 6 N–H and O–H groups in total. The third-order valence-electron chi connectivity index (χ3n) is 4.36. The highest BCUT2D eigenvalue weighted by Gasteiger charge is 2.30. The average Bonchev–Trinajstić information content (AvgIpc) is 2.89. The third-order valence-corrected chi connectivity index (χ3v) is 4.58. The predicted octanol–water partition coefficient (Wildman–Crippen LogP) is 4.30. The average molecular weight is 582 g/mol. The number of halogens is 1. The molecule has 0 bridgehead atoms. The van der Waals surface area contributed by atoms with Gasteiger partial charge in [0.2, 0.25) is 11.5 Å². The lowest BCUT2D eigenvalue weighted by molar-refractivity contribution is 0.102. The number of thiol groups is 2. The first-order valence-electron chi connectivity index (χ1n) is 10.5. The lowest BCUT2D eigenvalue weighted by Gasteiger charge is -2.18. The minimum Gasteiger partial charge on any atom is -0.504 e. The molecule has 0 aliphatic rings. The first-order chi connectivity index (χ1) is 18.0. The quantitative estimate of drug-likeness (QED) is 0.0700. The summed E-state index contributed by atoms with van der Waals surface area (Å²) in [6.45, 7) is 0. The Balaban J connectivity index is 0.00000110. The molecule has 0 fully saturated rings. The number of hydrogen-bond acceptors (Lipinski definition) is 11. The maximum absolute atomic E-state index is 12.9. The molecule has 204 valence electrons. The van der Waals surface area contributed by atoms with Gasteiger partial charge >= 0.3 is 0 Å². The van der Waals surface area contributed by atoms with Crippen LogP contribution in [-0.4, -0.2) is 71.5 Å². The molecular formula is C24H28ClN5O6S2. The zero-order chi connectivity index (χ0) is 29.0. The second-order valence-corrected chi connectivity index (χ2v) is 8.14. The number of phenols is 3. The van der Waals surface area contributed by atoms with Gasteiger partial charge in [0.1, 0.15) is 17.1 Å². The Morgan fingerprint density at radius 1 is 0.974 bits per heavy atom. The molecule has 38 heavy (non-hydrogen) atoms. The highest BCUT2D eigenvalue weighted by atomic mass is 35.5. The molecule has 0 atom stereocenters. The zero-order valence-corrected chi connectivity index (χ0v) is 23.4. The van der Waals surface area contributed by atoms with Crippen molar-refractivity contribution < 1.29 is 29.6 Å². The molecule has 0 unspecified atom stereocenters. The molecule has 2 amide bonds. The Hall–Kier alpha value is -3.65. The Labute approximate surface area is 235 Å². The standard InChI is InChI=1S/C21H17ClN4O6.C3H9N.H2S2/c1-32-19-16(27)14(21(31)25-13-7-6-12(22)9-24-13)15(17(28)18(19)29)26-20(30)11-4-2-10(8-23)3-5-11;1-4(2)3;1-2/h2-9,23,27-29H,1H3,(H,26,30)(H,24,25,31);1-3H3;1-2H. The normalized spacial score (nSPS) is 9.79. The molecule has 0 spiro atoms. The topological polar surface area (TPSA) is 168 Å². The van der Waals surface area contributed by atoms with Crippen LogP contribution < -0.4 is 15.4 Å². The zero-order valence-electron chi connectivity index (χ0n) is 20.9. The highest BCUT2D eigenvalue weighted by molar-refractivity contribution is 8.59. The van der Waals surface area contributed by atoms with Crippen molar-refractivity contribution in [3.63, 3.8) is 0 Å². The minimum absolute atomic E-state index is 0.0739. The van der Waals surface area contributed by atoms with Gasteiger partial charge in [0.25, 0.3) is 11.8 Å². The van der Waals surface area contributed by atoms with E-state index in [4.69, 9.17) is 21.7 Å². The fraction of sp³-hybridized carbons (Fsp3) is 0.167. The van der Waals surface area contributed by atoms with Crippen LogP contribution >= 0.6 is 34.9 Å². The van der Waals surface area contributed by atoms with Crippen LogP contribution in [0.2, 0.25) is 5.02 Å². The van der Waals surface area contributed by atoms with Gasteiger partial charge in [0, 0.05) is 18.0 Å². The number of benzene rings is 2. The molecule has 14 heteroatoms. The molecule has 1 heterocycles. The van der Waals surface area contributed by atoms with Gasteiger partial charge in [-0.05, 0) is 51.0 Å². The van der Waals surface area contributed by atoms with E-state index in [1.54, 1.807) is 0 Å². The van der Waals surface area contributed by atoms with E-state index in [1.165, 1.54) is 42.6 Å². The first-order valence-corrected chi connectivity index (χ1v) is 12.5. The number of carbonyl (C=O) groups excluding carboxylic acids is 2. The Morgan fingerprint density at radius 2 is 1.55 bits per heavy atom. The molecule has 0 saturated heterocycles. The number of aromatic hydroxyl groups is 3. The van der Waals surface area contributed by atoms with Crippen molar-refractivity contribution in [2.45, 2.75) is 0 Å². The Morgan fingerprint density at radius 3 is 2.03 bits per heavy atom. The number of ether oxygens (including phenoxy) is 1. The molecule has 0 aliphatic carbocycles. The molecular weight excluding hydrogens is 554 g/mol. The summed E-state index contributed by atoms with van der Waals surface area (Å²) in [4.78, 5) is 31.5. The molecule has 3 rings (SSSR count). The Kier molecular flexibility index (Phi) is 13.3. The number of carbonyl (C=O) groups is 2. The van der Waals surface area contributed by atoms with E-state index in [9.17, 15) is 24.9 Å². The maximum Gasteiger partial charge on any atom is 0.263 e. The van der Waals surface area contributed by atoms with Gasteiger partial charge in [-0.15, -0.1) is 23.3 Å². The third kappa shape index (κ3) is 8.73. The van der Waals surface area contributed by atoms with Gasteiger partial charge < -0.3 is 41.0 Å². The van der Waals surface area contributed by atoms with Crippen LogP contribution in [0.25, 0.3) is 0 Å². The summed E-state index contributed by atoms with van der Waals surface area (Å²) in [5.74, 6) is -4.78. The summed E-state index contributed by atoms with van der Waals surface area (Å²) >= 11 is 12.2. The van der Waals surface area contributed by atoms with Gasteiger partial charge in [-0.3, -0.25) is 9.59 Å². The number of phenolic OH excluding ortho intramolecular Hbond substituents is 3. The Bertz CT molecular complexity index is 1260. The first kappa shape index (κ1) is 32.4. The molecule has 1 aromatic heterocycles. The van der Waals surface area contributed by atoms with Crippen molar-refractivity contribution in [1.82, 2.24) is 9.88 Å². The van der Waals surface area contributed by atoms with E-state index in [0.29, 0.717) is 10.6 Å². The molecule has 3 aromatic rings. The van der Waals surface area contributed by atoms with Crippen LogP contribution in [0.1, 0.15) is 26.3 Å². The number of amides is 2. The van der Waals surface area contributed by atoms with E-state index in [1.807, 2.05) is 26.0 Å². The summed E-state index contributed by atoms with van der Waals surface area (Å²) in [7, 11) is 7.11. The van der Waals surface area contributed by atoms with Crippen LogP contribution in [-0.2, 0) is 0 Å². The lowest BCUT2D eigenvalue weighted by Crippen LogP contribution is -2.19. The van der Waals surface area contributed by atoms with Crippen LogP contribution in [0.4, 0.5) is 11.5 Å². The van der Waals surface area contributed by atoms with E-state index >= 15 is 0 Å². The number of nitrogens with zero attached hydrogens (tertiary/aromatic N) is 2. The summed E-state index contributed by atoms with van der Waals surface area (Å²) in [6.07, 6.45) is 2.38. The summed E-state index contributed by atoms with van der Waals surface area (Å²) in [6, 6.07) is 8.76. The molecule has 0 saturated carbocycles. The summed E-state index contributed by atoms with van der Waals surface area (Å²) in [5.41, 5.74) is -0.429. The summed E-state index contributed by atoms with van der Waals surface area (Å²) in [5, 5.41) is 43.4. The number of methoxy groups -OCH3 is 1. The number of hydrogen-bond donors (Lipinski definition) is 8. The highest BCUT2D eigenvalue weighted by Crippen LogP contribution is 2.50. The molecule has 11 nitrogen and oxygen atoms in total. The summed E-state index contributed by atoms with van der Waals surface area (Å²) < 4.78 is 4.88. The monoisotopic (exact) mass is 581 g/mol. The second kappa shape index (κ2) is 15.6. The SMILES string of the molecule is CN(C)C.COc1c(O)c(O)c(NC(=O)c2ccc(C=N)cc2)c(C(=O)Nc2ccc(Cl)cn2)c1O.SS. The van der Waals surface area contributed by atoms with E-state index < -0.39 is 46.1 Å². The van der Waals surface area contributed by atoms with Crippen molar-refractivity contribution in [2.24, 2.45) is 0 Å². The number of anilines is 2. The van der Waals surface area contributed by atoms with Crippen LogP contribution in [0, 0.1) is 5.41 Å². The number of nitrogens with one attached hydrogen (secondary N) is 3. The van der Waals surface area contributed by atoms with Gasteiger partial charge in [0.15, 0.2) is 11.5 Å². The molecule has 2 aromatic carbocycles. The van der Waals surface area contributed by atoms with Crippen LogP contribution in [0.15, 0.2) is 42.6 Å². The van der Waals surface area contributed by atoms with E-state index in [0.717, 1.165) is 13.3 Å². The minimum atomic E-state index is -0.958. The van der Waals surface area contributed by atoms with Crippen molar-refractivity contribution in [3.05, 3.63) is 64.3 Å². The predicted molar refractivity (Wildman–Crippen MR) is 155 cm³/mol. The fourth-order valence-electron chi connectivity index (χ4n) is 2.77. The van der Waals surface area contributed by atoms with Gasteiger partial charge in [-0.25, -0.2) is 4.98 Å². The molecule has 0 aliphatic heterocycles. The number of pyridine rings is 1. The van der Waals surface area contributed by atoms with Gasteiger partial charge in [-0.1, -0.05) is 23.7 Å². The van der Waals surface area contributed by atoms with Crippen LogP contribution in [0.5, 0.6) is 23.0 Å². The number of aromatic nitrogens is 1. The van der Waals surface area contributed by atoms with Crippen molar-refractivity contribution in [2.75, 3.05) is 38.9 Å². The van der Waals surface area contributed by atoms with Crippen molar-refractivity contribution in [3.8, 4) is 23.0 Å². The second-order valence-electron chi connectivity index (χ2n) is 7.71. The smallest absolute Gasteiger partial charge is 0.263 e. The lowest BCUT2D eigenvalue weighted by atomic mass is 10.1. The van der Waals surface area contributed by atoms with E-state index in [2.05, 4.69) is 38.9 Å². The van der Waals surface area contributed by atoms with Gasteiger partial charge in [-0.2, -0.15) is 0 Å². The number of rotatable bonds is 6. The maximum atomic E-state index is 12.9. The van der Waals surface area contributed by atoms with Gasteiger partial charge in [0.05, 0.1) is 12.1 Å².